The van der Waals surface area contributed by atoms with E-state index in [0.29, 0.717) is 6.10 Å². The van der Waals surface area contributed by atoms with E-state index in [1.807, 2.05) is 18.2 Å². The minimum atomic E-state index is -6.09. The standard InChI is InChI=1S/C12H17O2S.CHF3O3S/c1-10-9-11(13)7-8-14(10)15-12-5-3-2-4-6-12;2-1(3,4)8(5,6)7/h2-6,10-11,13H,7-9H2,1H3;(H,5,6,7)/q+1;/p-1. The van der Waals surface area contributed by atoms with Crippen molar-refractivity contribution in [1.82, 2.24) is 0 Å². The first-order valence-corrected chi connectivity index (χ1v) is 8.79. The highest BCUT2D eigenvalue weighted by Crippen LogP contribution is 2.34. The molecule has 0 spiro atoms. The van der Waals surface area contributed by atoms with Gasteiger partial charge >= 0.3 is 5.51 Å². The van der Waals surface area contributed by atoms with Crippen molar-refractivity contribution < 1.29 is 35.1 Å². The van der Waals surface area contributed by atoms with Crippen molar-refractivity contribution >= 4 is 22.2 Å². The van der Waals surface area contributed by atoms with Crippen LogP contribution in [-0.2, 0) is 13.9 Å². The van der Waals surface area contributed by atoms with Gasteiger partial charge in [0, 0.05) is 19.8 Å². The van der Waals surface area contributed by atoms with E-state index in [9.17, 15) is 18.3 Å². The van der Waals surface area contributed by atoms with Crippen molar-refractivity contribution in [3.05, 3.63) is 30.3 Å². The Morgan fingerprint density at radius 3 is 2.26 bits per heavy atom. The van der Waals surface area contributed by atoms with Gasteiger partial charge < -0.3 is 13.5 Å². The van der Waals surface area contributed by atoms with Crippen LogP contribution in [0.5, 0.6) is 0 Å². The minimum absolute atomic E-state index is 0.125. The maximum atomic E-state index is 10.7. The van der Waals surface area contributed by atoms with Crippen LogP contribution in [0, 0.1) is 0 Å². The molecule has 0 aliphatic carbocycles. The first-order valence-electron chi connectivity index (χ1n) is 6.64. The van der Waals surface area contributed by atoms with Gasteiger partial charge in [-0.05, 0) is 12.1 Å². The van der Waals surface area contributed by atoms with E-state index in [-0.39, 0.29) is 6.10 Å². The number of benzene rings is 1. The van der Waals surface area contributed by atoms with Crippen LogP contribution in [-0.4, -0.2) is 42.4 Å². The Bertz CT molecular complexity index is 577. The summed E-state index contributed by atoms with van der Waals surface area (Å²) in [6.45, 7) is 3.03. The lowest BCUT2D eigenvalue weighted by atomic mass is 10.1. The van der Waals surface area contributed by atoms with Crippen molar-refractivity contribution in [1.29, 1.82) is 0 Å². The van der Waals surface area contributed by atoms with E-state index >= 15 is 0 Å². The van der Waals surface area contributed by atoms with Gasteiger partial charge in [0.2, 0.25) is 12.0 Å². The van der Waals surface area contributed by atoms with Crippen LogP contribution >= 0.6 is 12.0 Å². The van der Waals surface area contributed by atoms with Gasteiger partial charge in [-0.25, -0.2) is 8.42 Å². The number of halogens is 3. The molecule has 2 atom stereocenters. The molecule has 1 aromatic carbocycles. The SMILES string of the molecule is CC1CC(O)CC[O+]1Sc1ccccc1.O=S(=O)([O-])C(F)(F)F. The van der Waals surface area contributed by atoms with Crippen LogP contribution in [0.4, 0.5) is 13.2 Å². The van der Waals surface area contributed by atoms with Gasteiger partial charge in [0.1, 0.15) is 0 Å². The maximum absolute atomic E-state index is 10.7. The molecular formula is C13H17F3O5S2. The summed E-state index contributed by atoms with van der Waals surface area (Å²) in [6, 6.07) is 10.3. The van der Waals surface area contributed by atoms with Gasteiger partial charge in [-0.2, -0.15) is 13.2 Å². The Balaban J connectivity index is 0.000000284. The zero-order valence-corrected chi connectivity index (χ0v) is 13.8. The van der Waals surface area contributed by atoms with Crippen molar-refractivity contribution in [2.24, 2.45) is 0 Å². The number of alkyl halides is 3. The average molecular weight is 374 g/mol. The molecule has 10 heteroatoms. The van der Waals surface area contributed by atoms with Crippen LogP contribution in [0.25, 0.3) is 0 Å². The lowest BCUT2D eigenvalue weighted by Crippen LogP contribution is -2.32. The van der Waals surface area contributed by atoms with Crippen molar-refractivity contribution in [2.45, 2.75) is 42.4 Å². The van der Waals surface area contributed by atoms with Crippen LogP contribution in [0.2, 0.25) is 0 Å². The van der Waals surface area contributed by atoms with E-state index in [4.69, 9.17) is 13.0 Å². The summed E-state index contributed by atoms with van der Waals surface area (Å²) in [7, 11) is -6.09. The van der Waals surface area contributed by atoms with Crippen LogP contribution in [0.15, 0.2) is 35.2 Å². The highest BCUT2D eigenvalue weighted by atomic mass is 32.2. The van der Waals surface area contributed by atoms with E-state index in [0.717, 1.165) is 19.4 Å². The second kappa shape index (κ2) is 8.34. The third kappa shape index (κ3) is 7.08. The summed E-state index contributed by atoms with van der Waals surface area (Å²) in [4.78, 5) is 1.24. The summed E-state index contributed by atoms with van der Waals surface area (Å²) >= 11 is 1.71. The Hall–Kier alpha value is -0.810. The summed E-state index contributed by atoms with van der Waals surface area (Å²) in [5.41, 5.74) is -5.65. The minimum Gasteiger partial charge on any atom is -0.741 e. The predicted molar refractivity (Wildman–Crippen MR) is 78.7 cm³/mol. The van der Waals surface area contributed by atoms with Gasteiger partial charge in [0.15, 0.2) is 22.8 Å². The zero-order chi connectivity index (χ0) is 17.7. The molecule has 0 radical (unpaired) electrons. The molecule has 1 fully saturated rings. The fourth-order valence-corrected chi connectivity index (χ4v) is 2.72. The number of hydrogen-bond donors (Lipinski definition) is 1. The average Bonchev–Trinajstić information content (AvgIpc) is 2.42. The van der Waals surface area contributed by atoms with E-state index in [1.165, 1.54) is 4.90 Å². The molecule has 2 unspecified atom stereocenters. The normalized spacial score (nSPS) is 23.0. The molecular weight excluding hydrogens is 357 g/mol. The molecule has 1 saturated heterocycles. The Kier molecular flexibility index (Phi) is 7.33. The fourth-order valence-electron chi connectivity index (χ4n) is 1.79. The molecule has 1 aliphatic heterocycles. The molecule has 1 N–H and O–H groups in total. The number of aliphatic hydroxyl groups excluding tert-OH is 1. The molecule has 0 saturated carbocycles. The highest BCUT2D eigenvalue weighted by Gasteiger charge is 2.37. The predicted octanol–water partition coefficient (Wildman–Crippen LogP) is 2.84. The molecule has 0 aromatic heterocycles. The largest absolute Gasteiger partial charge is 0.741 e. The Labute approximate surface area is 137 Å². The molecule has 0 bridgehead atoms. The van der Waals surface area contributed by atoms with Crippen LogP contribution in [0.1, 0.15) is 19.8 Å². The molecule has 1 aliphatic rings. The smallest absolute Gasteiger partial charge is 0.485 e. The second-order valence-corrected chi connectivity index (χ2v) is 7.31. The van der Waals surface area contributed by atoms with Crippen molar-refractivity contribution in [3.63, 3.8) is 0 Å². The van der Waals surface area contributed by atoms with Gasteiger partial charge in [-0.1, -0.05) is 18.2 Å². The van der Waals surface area contributed by atoms with Gasteiger partial charge in [-0.15, -0.1) is 0 Å². The van der Waals surface area contributed by atoms with Crippen molar-refractivity contribution in [2.75, 3.05) is 6.61 Å². The number of aliphatic hydroxyl groups is 1. The van der Waals surface area contributed by atoms with Crippen LogP contribution < -0.4 is 0 Å². The number of hydrogen-bond acceptors (Lipinski definition) is 5. The molecule has 0 amide bonds. The molecule has 132 valence electrons. The first-order chi connectivity index (χ1) is 10.5. The van der Waals surface area contributed by atoms with Gasteiger partial charge in [0.25, 0.3) is 0 Å². The Morgan fingerprint density at radius 2 is 1.83 bits per heavy atom. The fraction of sp³-hybridized carbons (Fsp3) is 0.538. The first kappa shape index (κ1) is 20.2. The third-order valence-electron chi connectivity index (χ3n) is 2.93. The second-order valence-electron chi connectivity index (χ2n) is 4.87. The lowest BCUT2D eigenvalue weighted by molar-refractivity contribution is -0.0899. The van der Waals surface area contributed by atoms with Gasteiger partial charge in [0.05, 0.1) is 11.0 Å². The summed E-state index contributed by atoms with van der Waals surface area (Å²) < 4.78 is 62.1. The summed E-state index contributed by atoms with van der Waals surface area (Å²) in [5.74, 6) is 0. The molecule has 5 nitrogen and oxygen atoms in total. The van der Waals surface area contributed by atoms with E-state index < -0.39 is 15.6 Å². The quantitative estimate of drug-likeness (QED) is 0.373. The summed E-state index contributed by atoms with van der Waals surface area (Å²) in [6.07, 6.45) is 1.96. The van der Waals surface area contributed by atoms with E-state index in [1.54, 1.807) is 12.0 Å². The molecule has 23 heavy (non-hydrogen) atoms. The van der Waals surface area contributed by atoms with Crippen LogP contribution in [0.3, 0.4) is 0 Å². The molecule has 1 aromatic rings. The monoisotopic (exact) mass is 374 g/mol. The topological polar surface area (TPSA) is 80.1 Å². The summed E-state index contributed by atoms with van der Waals surface area (Å²) in [5, 5.41) is 9.51. The molecule has 1 heterocycles. The third-order valence-corrected chi connectivity index (χ3v) is 4.68. The maximum Gasteiger partial charge on any atom is 0.485 e. The number of rotatable bonds is 2. The zero-order valence-electron chi connectivity index (χ0n) is 12.2. The highest BCUT2D eigenvalue weighted by molar-refractivity contribution is 7.95. The lowest BCUT2D eigenvalue weighted by Gasteiger charge is -2.29. The van der Waals surface area contributed by atoms with E-state index in [2.05, 4.69) is 22.9 Å². The van der Waals surface area contributed by atoms with Crippen molar-refractivity contribution in [3.8, 4) is 0 Å². The Morgan fingerprint density at radius 1 is 1.30 bits per heavy atom. The van der Waals surface area contributed by atoms with Gasteiger partial charge in [-0.3, -0.25) is 0 Å². The molecule has 2 rings (SSSR count).